The third-order valence-electron chi connectivity index (χ3n) is 1.93. The highest BCUT2D eigenvalue weighted by molar-refractivity contribution is 5.18. The molecule has 0 spiro atoms. The summed E-state index contributed by atoms with van der Waals surface area (Å²) in [5.74, 6) is 0.473. The van der Waals surface area contributed by atoms with Gasteiger partial charge >= 0.3 is 0 Å². The van der Waals surface area contributed by atoms with Crippen LogP contribution in [0.3, 0.4) is 0 Å². The van der Waals surface area contributed by atoms with Crippen LogP contribution in [-0.4, -0.2) is 11.7 Å². The van der Waals surface area contributed by atoms with Crippen molar-refractivity contribution in [3.63, 3.8) is 0 Å². The fourth-order valence-electron chi connectivity index (χ4n) is 1.14. The highest BCUT2D eigenvalue weighted by atomic mass is 16.3. The van der Waals surface area contributed by atoms with Crippen LogP contribution in [0.1, 0.15) is 24.8 Å². The van der Waals surface area contributed by atoms with Crippen molar-refractivity contribution in [1.29, 1.82) is 0 Å². The monoisotopic (exact) mass is 150 g/mol. The molecular formula is C10H14O. The number of aliphatic hydroxyl groups excluding tert-OH is 1. The Bertz CT molecular complexity index is 193. The summed E-state index contributed by atoms with van der Waals surface area (Å²) in [4.78, 5) is 0. The van der Waals surface area contributed by atoms with E-state index in [4.69, 9.17) is 5.11 Å². The molecule has 0 saturated carbocycles. The Morgan fingerprint density at radius 3 is 2.45 bits per heavy atom. The van der Waals surface area contributed by atoms with Gasteiger partial charge in [-0.25, -0.2) is 0 Å². The van der Waals surface area contributed by atoms with Gasteiger partial charge in [0.2, 0.25) is 0 Å². The second kappa shape index (κ2) is 4.14. The Balaban J connectivity index is 2.61. The molecule has 0 unspecified atom stereocenters. The van der Waals surface area contributed by atoms with E-state index in [0.29, 0.717) is 5.92 Å². The van der Waals surface area contributed by atoms with Gasteiger partial charge in [0.15, 0.2) is 0 Å². The van der Waals surface area contributed by atoms with Crippen LogP contribution in [0.2, 0.25) is 0 Å². The van der Waals surface area contributed by atoms with E-state index in [9.17, 15) is 0 Å². The lowest BCUT2D eigenvalue weighted by Crippen LogP contribution is -1.95. The third kappa shape index (κ3) is 2.35. The standard InChI is InChI=1S/C10H14O/c1-9(7-8-11)10-5-3-2-4-6-10/h2-6,9,11H,7-8H2,1H3/t9-/m0/s1. The van der Waals surface area contributed by atoms with E-state index >= 15 is 0 Å². The molecule has 1 aromatic rings. The van der Waals surface area contributed by atoms with E-state index in [1.54, 1.807) is 0 Å². The third-order valence-corrected chi connectivity index (χ3v) is 1.93. The van der Waals surface area contributed by atoms with Gasteiger partial charge in [0.1, 0.15) is 0 Å². The van der Waals surface area contributed by atoms with Gasteiger partial charge in [0, 0.05) is 6.61 Å². The lowest BCUT2D eigenvalue weighted by atomic mass is 9.99. The Labute approximate surface area is 67.7 Å². The lowest BCUT2D eigenvalue weighted by Gasteiger charge is -2.08. The molecule has 0 aliphatic heterocycles. The van der Waals surface area contributed by atoms with Crippen molar-refractivity contribution in [1.82, 2.24) is 0 Å². The zero-order valence-electron chi connectivity index (χ0n) is 6.83. The highest BCUT2D eigenvalue weighted by Crippen LogP contribution is 2.17. The van der Waals surface area contributed by atoms with Crippen molar-refractivity contribution in [3.05, 3.63) is 35.9 Å². The molecule has 1 nitrogen and oxygen atoms in total. The molecule has 0 bridgehead atoms. The van der Waals surface area contributed by atoms with Crippen LogP contribution in [0.5, 0.6) is 0 Å². The quantitative estimate of drug-likeness (QED) is 0.700. The van der Waals surface area contributed by atoms with Crippen molar-refractivity contribution < 1.29 is 5.11 Å². The molecule has 0 aliphatic carbocycles. The first-order valence-corrected chi connectivity index (χ1v) is 4.00. The maximum Gasteiger partial charge on any atom is 0.0436 e. The number of benzene rings is 1. The number of hydrogen-bond acceptors (Lipinski definition) is 1. The molecule has 0 fully saturated rings. The summed E-state index contributed by atoms with van der Waals surface area (Å²) in [6.45, 7) is 2.40. The summed E-state index contributed by atoms with van der Waals surface area (Å²) in [7, 11) is 0. The number of rotatable bonds is 3. The average Bonchev–Trinajstić information content (AvgIpc) is 2.07. The van der Waals surface area contributed by atoms with Crippen LogP contribution in [0.15, 0.2) is 30.3 Å². The fraction of sp³-hybridized carbons (Fsp3) is 0.400. The average molecular weight is 150 g/mol. The molecule has 0 heterocycles. The molecule has 0 radical (unpaired) electrons. The summed E-state index contributed by atoms with van der Waals surface area (Å²) in [6, 6.07) is 10.3. The van der Waals surface area contributed by atoms with Crippen LogP contribution >= 0.6 is 0 Å². The predicted octanol–water partition coefficient (Wildman–Crippen LogP) is 2.17. The van der Waals surface area contributed by atoms with Gasteiger partial charge in [-0.15, -0.1) is 0 Å². The molecule has 11 heavy (non-hydrogen) atoms. The van der Waals surface area contributed by atoms with E-state index in [1.165, 1.54) is 5.56 Å². The van der Waals surface area contributed by atoms with Crippen LogP contribution in [0.25, 0.3) is 0 Å². The maximum absolute atomic E-state index is 8.70. The lowest BCUT2D eigenvalue weighted by molar-refractivity contribution is 0.278. The molecule has 1 rings (SSSR count). The molecule has 1 atom stereocenters. The largest absolute Gasteiger partial charge is 0.396 e. The van der Waals surface area contributed by atoms with E-state index in [2.05, 4.69) is 19.1 Å². The molecule has 1 N–H and O–H groups in total. The van der Waals surface area contributed by atoms with Crippen LogP contribution in [0, 0.1) is 0 Å². The minimum absolute atomic E-state index is 0.274. The van der Waals surface area contributed by atoms with Gasteiger partial charge < -0.3 is 5.11 Å². The fourth-order valence-corrected chi connectivity index (χ4v) is 1.14. The summed E-state index contributed by atoms with van der Waals surface area (Å²) in [5, 5.41) is 8.70. The van der Waals surface area contributed by atoms with Gasteiger partial charge in [0.05, 0.1) is 0 Å². The number of hydrogen-bond donors (Lipinski definition) is 1. The van der Waals surface area contributed by atoms with E-state index < -0.39 is 0 Å². The molecule has 1 aromatic carbocycles. The van der Waals surface area contributed by atoms with Crippen LogP contribution in [-0.2, 0) is 0 Å². The number of aliphatic hydroxyl groups is 1. The van der Waals surface area contributed by atoms with E-state index in [-0.39, 0.29) is 6.61 Å². The van der Waals surface area contributed by atoms with Crippen molar-refractivity contribution in [2.75, 3.05) is 6.61 Å². The first-order chi connectivity index (χ1) is 5.34. The first-order valence-electron chi connectivity index (χ1n) is 4.00. The van der Waals surface area contributed by atoms with Crippen molar-refractivity contribution in [3.8, 4) is 0 Å². The SMILES string of the molecule is C[C@@H](CCO)c1ccccc1. The Morgan fingerprint density at radius 1 is 1.27 bits per heavy atom. The molecule has 1 heteroatoms. The molecule has 0 saturated heterocycles. The van der Waals surface area contributed by atoms with Crippen LogP contribution in [0.4, 0.5) is 0 Å². The minimum atomic E-state index is 0.274. The Kier molecular flexibility index (Phi) is 3.12. The van der Waals surface area contributed by atoms with Gasteiger partial charge in [-0.05, 0) is 17.9 Å². The molecule has 0 aliphatic rings. The van der Waals surface area contributed by atoms with E-state index in [0.717, 1.165) is 6.42 Å². The predicted molar refractivity (Wildman–Crippen MR) is 46.6 cm³/mol. The second-order valence-electron chi connectivity index (χ2n) is 2.82. The molecule has 0 aromatic heterocycles. The highest BCUT2D eigenvalue weighted by Gasteiger charge is 2.01. The van der Waals surface area contributed by atoms with Gasteiger partial charge in [0.25, 0.3) is 0 Å². The van der Waals surface area contributed by atoms with Crippen molar-refractivity contribution in [2.24, 2.45) is 0 Å². The summed E-state index contributed by atoms with van der Waals surface area (Å²) in [5.41, 5.74) is 1.31. The van der Waals surface area contributed by atoms with Gasteiger partial charge in [-0.1, -0.05) is 37.3 Å². The van der Waals surface area contributed by atoms with Crippen molar-refractivity contribution in [2.45, 2.75) is 19.3 Å². The normalized spacial score (nSPS) is 12.9. The van der Waals surface area contributed by atoms with Gasteiger partial charge in [-0.3, -0.25) is 0 Å². The molecular weight excluding hydrogens is 136 g/mol. The Morgan fingerprint density at radius 2 is 1.91 bits per heavy atom. The summed E-state index contributed by atoms with van der Waals surface area (Å²) < 4.78 is 0. The first kappa shape index (κ1) is 8.28. The smallest absolute Gasteiger partial charge is 0.0436 e. The van der Waals surface area contributed by atoms with Crippen LogP contribution < -0.4 is 0 Å². The maximum atomic E-state index is 8.70. The zero-order valence-corrected chi connectivity index (χ0v) is 6.83. The Hall–Kier alpha value is -0.820. The molecule has 0 amide bonds. The summed E-state index contributed by atoms with van der Waals surface area (Å²) >= 11 is 0. The van der Waals surface area contributed by atoms with Gasteiger partial charge in [-0.2, -0.15) is 0 Å². The molecule has 60 valence electrons. The topological polar surface area (TPSA) is 20.2 Å². The summed E-state index contributed by atoms with van der Waals surface area (Å²) in [6.07, 6.45) is 0.851. The minimum Gasteiger partial charge on any atom is -0.396 e. The van der Waals surface area contributed by atoms with E-state index in [1.807, 2.05) is 18.2 Å². The van der Waals surface area contributed by atoms with Crippen molar-refractivity contribution >= 4 is 0 Å². The second-order valence-corrected chi connectivity index (χ2v) is 2.82. The zero-order chi connectivity index (χ0) is 8.10.